The highest BCUT2D eigenvalue weighted by atomic mass is 16.5. The van der Waals surface area contributed by atoms with Crippen molar-refractivity contribution in [2.45, 2.75) is 70.8 Å². The summed E-state index contributed by atoms with van der Waals surface area (Å²) in [7, 11) is 0. The van der Waals surface area contributed by atoms with Crippen molar-refractivity contribution in [2.24, 2.45) is 5.73 Å². The fourth-order valence-corrected chi connectivity index (χ4v) is 1.98. The molecule has 6 heteroatoms. The molecular weight excluding hydrogens is 272 g/mol. The van der Waals surface area contributed by atoms with Crippen LogP contribution in [-0.2, 0) is 9.53 Å². The van der Waals surface area contributed by atoms with Crippen molar-refractivity contribution in [1.29, 1.82) is 0 Å². The minimum absolute atomic E-state index is 0.340. The van der Waals surface area contributed by atoms with E-state index in [4.69, 9.17) is 15.6 Å². The smallest absolute Gasteiger partial charge is 0.407 e. The van der Waals surface area contributed by atoms with E-state index in [1.807, 2.05) is 0 Å². The van der Waals surface area contributed by atoms with Gasteiger partial charge in [0.1, 0.15) is 6.04 Å². The molecule has 1 atom stereocenters. The third-order valence-electron chi connectivity index (χ3n) is 3.27. The first-order valence-electron chi connectivity index (χ1n) is 7.98. The summed E-state index contributed by atoms with van der Waals surface area (Å²) in [6.45, 7) is 3.03. The maximum Gasteiger partial charge on any atom is 0.407 e. The van der Waals surface area contributed by atoms with Crippen molar-refractivity contribution in [2.75, 3.05) is 13.2 Å². The van der Waals surface area contributed by atoms with E-state index >= 15 is 0 Å². The molecule has 1 amide bonds. The van der Waals surface area contributed by atoms with Crippen LogP contribution in [0.4, 0.5) is 4.79 Å². The highest BCUT2D eigenvalue weighted by molar-refractivity contribution is 5.79. The predicted molar refractivity (Wildman–Crippen MR) is 82.2 cm³/mol. The van der Waals surface area contributed by atoms with Gasteiger partial charge in [-0.1, -0.05) is 39.0 Å². The molecule has 0 aliphatic rings. The van der Waals surface area contributed by atoms with Crippen LogP contribution < -0.4 is 11.1 Å². The van der Waals surface area contributed by atoms with E-state index in [2.05, 4.69) is 12.2 Å². The number of rotatable bonds is 13. The first-order valence-corrected chi connectivity index (χ1v) is 7.98. The number of alkyl carbamates (subject to hydrolysis) is 1. The average Bonchev–Trinajstić information content (AvgIpc) is 2.45. The molecule has 0 aromatic rings. The van der Waals surface area contributed by atoms with E-state index in [0.717, 1.165) is 25.7 Å². The number of carbonyl (C=O) groups excluding carboxylic acids is 1. The minimum Gasteiger partial charge on any atom is -0.480 e. The van der Waals surface area contributed by atoms with E-state index in [1.165, 1.54) is 19.3 Å². The van der Waals surface area contributed by atoms with E-state index in [-0.39, 0.29) is 0 Å². The Labute approximate surface area is 127 Å². The Balaban J connectivity index is 3.70. The zero-order valence-electron chi connectivity index (χ0n) is 13.1. The quantitative estimate of drug-likeness (QED) is 0.454. The molecular formula is C15H30N2O4. The Hall–Kier alpha value is -1.30. The average molecular weight is 302 g/mol. The summed E-state index contributed by atoms with van der Waals surface area (Å²) in [5, 5.41) is 11.4. The van der Waals surface area contributed by atoms with Gasteiger partial charge in [0.25, 0.3) is 0 Å². The number of ether oxygens (including phenoxy) is 1. The lowest BCUT2D eigenvalue weighted by molar-refractivity contribution is -0.139. The number of carboxylic acids is 1. The van der Waals surface area contributed by atoms with Gasteiger partial charge in [0.15, 0.2) is 0 Å². The number of carboxylic acid groups (broad SMARTS) is 1. The standard InChI is InChI=1S/C15H30N2O4/c1-2-3-4-5-6-9-12-21-15(20)17-13(14(18)19)10-7-8-11-16/h13H,2-12,16H2,1H3,(H,17,20)(H,18,19)/t13-/m0/s1. The molecule has 0 saturated carbocycles. The molecule has 0 aliphatic heterocycles. The maximum atomic E-state index is 11.5. The summed E-state index contributed by atoms with van der Waals surface area (Å²) >= 11 is 0. The van der Waals surface area contributed by atoms with Gasteiger partial charge >= 0.3 is 12.1 Å². The number of nitrogens with two attached hydrogens (primary N) is 1. The predicted octanol–water partition coefficient (Wildman–Crippen LogP) is 2.66. The summed E-state index contributed by atoms with van der Waals surface area (Å²) in [4.78, 5) is 22.5. The van der Waals surface area contributed by atoms with Gasteiger partial charge in [0.05, 0.1) is 6.61 Å². The van der Waals surface area contributed by atoms with Crippen LogP contribution in [0.2, 0.25) is 0 Å². The zero-order valence-corrected chi connectivity index (χ0v) is 13.1. The third kappa shape index (κ3) is 12.2. The molecule has 0 bridgehead atoms. The van der Waals surface area contributed by atoms with E-state index in [1.54, 1.807) is 0 Å². The first kappa shape index (κ1) is 19.7. The van der Waals surface area contributed by atoms with Crippen LogP contribution in [0.1, 0.15) is 64.7 Å². The number of hydrogen-bond acceptors (Lipinski definition) is 4. The van der Waals surface area contributed by atoms with Crippen molar-refractivity contribution in [3.05, 3.63) is 0 Å². The molecule has 0 aliphatic carbocycles. The highest BCUT2D eigenvalue weighted by Crippen LogP contribution is 2.05. The largest absolute Gasteiger partial charge is 0.480 e. The SMILES string of the molecule is CCCCCCCCOC(=O)N[C@@H](CCCCN)C(=O)O. The molecule has 0 rings (SSSR count). The Morgan fingerprint density at radius 2 is 1.76 bits per heavy atom. The fraction of sp³-hybridized carbons (Fsp3) is 0.867. The molecule has 0 radical (unpaired) electrons. The molecule has 0 fully saturated rings. The lowest BCUT2D eigenvalue weighted by Gasteiger charge is -2.14. The lowest BCUT2D eigenvalue weighted by Crippen LogP contribution is -2.41. The number of unbranched alkanes of at least 4 members (excludes halogenated alkanes) is 6. The second kappa shape index (κ2) is 13.7. The number of amides is 1. The molecule has 0 saturated heterocycles. The van der Waals surface area contributed by atoms with E-state index < -0.39 is 18.1 Å². The second-order valence-electron chi connectivity index (χ2n) is 5.22. The summed E-state index contributed by atoms with van der Waals surface area (Å²) < 4.78 is 5.00. The summed E-state index contributed by atoms with van der Waals surface area (Å²) in [6.07, 6.45) is 7.81. The normalized spacial score (nSPS) is 11.9. The number of hydrogen-bond donors (Lipinski definition) is 3. The molecule has 0 unspecified atom stereocenters. The van der Waals surface area contributed by atoms with E-state index in [0.29, 0.717) is 26.0 Å². The Bertz CT molecular complexity index is 285. The van der Waals surface area contributed by atoms with Gasteiger partial charge in [-0.2, -0.15) is 0 Å². The van der Waals surface area contributed by atoms with Gasteiger partial charge in [-0.05, 0) is 32.2 Å². The van der Waals surface area contributed by atoms with Gasteiger partial charge in [0.2, 0.25) is 0 Å². The first-order chi connectivity index (χ1) is 10.1. The summed E-state index contributed by atoms with van der Waals surface area (Å²) in [5.41, 5.74) is 5.36. The van der Waals surface area contributed by atoms with Crippen LogP contribution in [-0.4, -0.2) is 36.4 Å². The van der Waals surface area contributed by atoms with Crippen molar-refractivity contribution in [1.82, 2.24) is 5.32 Å². The van der Waals surface area contributed by atoms with Crippen LogP contribution in [0, 0.1) is 0 Å². The second-order valence-corrected chi connectivity index (χ2v) is 5.22. The van der Waals surface area contributed by atoms with Gasteiger partial charge < -0.3 is 20.9 Å². The van der Waals surface area contributed by atoms with Gasteiger partial charge in [-0.3, -0.25) is 0 Å². The third-order valence-corrected chi connectivity index (χ3v) is 3.27. The van der Waals surface area contributed by atoms with Gasteiger partial charge in [-0.15, -0.1) is 0 Å². The number of aliphatic carboxylic acids is 1. The zero-order chi connectivity index (χ0) is 15.9. The Morgan fingerprint density at radius 1 is 1.10 bits per heavy atom. The fourth-order valence-electron chi connectivity index (χ4n) is 1.98. The Morgan fingerprint density at radius 3 is 2.38 bits per heavy atom. The van der Waals surface area contributed by atoms with Crippen LogP contribution >= 0.6 is 0 Å². The topological polar surface area (TPSA) is 102 Å². The molecule has 124 valence electrons. The van der Waals surface area contributed by atoms with Crippen molar-refractivity contribution in [3.8, 4) is 0 Å². The maximum absolute atomic E-state index is 11.5. The monoisotopic (exact) mass is 302 g/mol. The van der Waals surface area contributed by atoms with E-state index in [9.17, 15) is 9.59 Å². The summed E-state index contributed by atoms with van der Waals surface area (Å²) in [6, 6.07) is -0.895. The molecule has 21 heavy (non-hydrogen) atoms. The molecule has 6 nitrogen and oxygen atoms in total. The van der Waals surface area contributed by atoms with Crippen molar-refractivity contribution in [3.63, 3.8) is 0 Å². The molecule has 0 heterocycles. The molecule has 0 aromatic heterocycles. The van der Waals surface area contributed by atoms with Gasteiger partial charge in [-0.25, -0.2) is 9.59 Å². The van der Waals surface area contributed by atoms with Crippen LogP contribution in [0.3, 0.4) is 0 Å². The highest BCUT2D eigenvalue weighted by Gasteiger charge is 2.19. The van der Waals surface area contributed by atoms with Crippen molar-refractivity contribution < 1.29 is 19.4 Å². The Kier molecular flexibility index (Phi) is 12.8. The number of carbonyl (C=O) groups is 2. The lowest BCUT2D eigenvalue weighted by atomic mass is 10.1. The van der Waals surface area contributed by atoms with Crippen LogP contribution in [0.15, 0.2) is 0 Å². The van der Waals surface area contributed by atoms with Crippen LogP contribution in [0.25, 0.3) is 0 Å². The van der Waals surface area contributed by atoms with Gasteiger partial charge in [0, 0.05) is 0 Å². The molecule has 4 N–H and O–H groups in total. The summed E-state index contributed by atoms with van der Waals surface area (Å²) in [5.74, 6) is -1.04. The molecule has 0 aromatic carbocycles. The molecule has 0 spiro atoms. The minimum atomic E-state index is -1.04. The number of nitrogens with one attached hydrogen (secondary N) is 1. The van der Waals surface area contributed by atoms with Crippen LogP contribution in [0.5, 0.6) is 0 Å². The van der Waals surface area contributed by atoms with Crippen molar-refractivity contribution >= 4 is 12.1 Å².